The molecule has 0 radical (unpaired) electrons. The van der Waals surface area contributed by atoms with Crippen LogP contribution in [0.3, 0.4) is 0 Å². The van der Waals surface area contributed by atoms with E-state index in [0.717, 1.165) is 5.56 Å². The Morgan fingerprint density at radius 3 is 2.42 bits per heavy atom. The smallest absolute Gasteiger partial charge is 0.312 e. The van der Waals surface area contributed by atoms with E-state index in [1.807, 2.05) is 32.9 Å². The number of anilines is 1. The Morgan fingerprint density at radius 1 is 1.29 bits per heavy atom. The predicted octanol–water partition coefficient (Wildman–Crippen LogP) is 1.33. The summed E-state index contributed by atoms with van der Waals surface area (Å²) in [6.45, 7) is 6.78. The fraction of sp³-hybridized carbons (Fsp3) is 0.529. The monoisotopic (exact) mass is 334 g/mol. The lowest BCUT2D eigenvalue weighted by Gasteiger charge is -2.57. The molecule has 3 amide bonds. The maximum absolute atomic E-state index is 12.6. The Bertz CT molecular complexity index is 615. The van der Waals surface area contributed by atoms with Crippen molar-refractivity contribution in [2.45, 2.75) is 45.4 Å². The van der Waals surface area contributed by atoms with Crippen LogP contribution in [0.15, 0.2) is 24.3 Å². The minimum atomic E-state index is -0.959. The third kappa shape index (κ3) is 3.37. The summed E-state index contributed by atoms with van der Waals surface area (Å²) >= 11 is 0. The number of primary amides is 1. The van der Waals surface area contributed by atoms with Gasteiger partial charge in [0.15, 0.2) is 0 Å². The van der Waals surface area contributed by atoms with Crippen LogP contribution in [0.4, 0.5) is 10.5 Å². The second-order valence-corrected chi connectivity index (χ2v) is 6.71. The molecule has 0 saturated heterocycles. The number of rotatable bonds is 6. The number of nitrogens with two attached hydrogens (primary N) is 2. The maximum Gasteiger partial charge on any atom is 0.312 e. The number of carbonyl (C=O) groups excluding carboxylic acids is 2. The first-order chi connectivity index (χ1) is 11.2. The fourth-order valence-corrected chi connectivity index (χ4v) is 2.96. The highest BCUT2D eigenvalue weighted by Crippen LogP contribution is 2.50. The highest BCUT2D eigenvalue weighted by atomic mass is 16.5. The number of nitrogens with one attached hydrogen (secondary N) is 2. The van der Waals surface area contributed by atoms with Gasteiger partial charge in [-0.2, -0.15) is 0 Å². The Balaban J connectivity index is 1.98. The third-order valence-corrected chi connectivity index (χ3v) is 4.91. The van der Waals surface area contributed by atoms with Crippen LogP contribution >= 0.6 is 0 Å². The molecule has 1 aromatic carbocycles. The van der Waals surface area contributed by atoms with Crippen LogP contribution < -0.4 is 22.1 Å². The van der Waals surface area contributed by atoms with Crippen molar-refractivity contribution in [1.29, 1.82) is 0 Å². The summed E-state index contributed by atoms with van der Waals surface area (Å²) in [5.41, 5.74) is 11.5. The number of amides is 3. The average Bonchev–Trinajstić information content (AvgIpc) is 2.53. The van der Waals surface area contributed by atoms with E-state index in [2.05, 4.69) is 10.6 Å². The SMILES string of the molecule is CCOC1CC(N)(C(=O)Nc2ccc(CNC(N)=O)cc2)C1(C)C. The van der Waals surface area contributed by atoms with Crippen LogP contribution in [0.25, 0.3) is 0 Å². The summed E-state index contributed by atoms with van der Waals surface area (Å²) in [5.74, 6) is -0.216. The molecule has 1 fully saturated rings. The molecule has 0 heterocycles. The lowest BCUT2D eigenvalue weighted by Crippen LogP contribution is -2.74. The van der Waals surface area contributed by atoms with Gasteiger partial charge in [-0.15, -0.1) is 0 Å². The molecule has 0 spiro atoms. The van der Waals surface area contributed by atoms with Crippen molar-refractivity contribution in [3.05, 3.63) is 29.8 Å². The predicted molar refractivity (Wildman–Crippen MR) is 92.2 cm³/mol. The lowest BCUT2D eigenvalue weighted by molar-refractivity contribution is -0.166. The number of carbonyl (C=O) groups is 2. The van der Waals surface area contributed by atoms with E-state index in [1.165, 1.54) is 0 Å². The highest BCUT2D eigenvalue weighted by molar-refractivity contribution is 5.99. The van der Waals surface area contributed by atoms with Crippen LogP contribution in [-0.4, -0.2) is 30.2 Å². The minimum absolute atomic E-state index is 0.0134. The normalized spacial score (nSPS) is 24.8. The zero-order valence-electron chi connectivity index (χ0n) is 14.4. The number of urea groups is 1. The first-order valence-corrected chi connectivity index (χ1v) is 8.05. The van der Waals surface area contributed by atoms with Gasteiger partial charge in [0.1, 0.15) is 5.54 Å². The molecule has 7 nitrogen and oxygen atoms in total. The molecule has 24 heavy (non-hydrogen) atoms. The molecule has 6 N–H and O–H groups in total. The highest BCUT2D eigenvalue weighted by Gasteiger charge is 2.62. The molecule has 7 heteroatoms. The van der Waals surface area contributed by atoms with Crippen molar-refractivity contribution in [1.82, 2.24) is 5.32 Å². The third-order valence-electron chi connectivity index (χ3n) is 4.91. The Labute approximate surface area is 142 Å². The van der Waals surface area contributed by atoms with Crippen molar-refractivity contribution in [2.24, 2.45) is 16.9 Å². The summed E-state index contributed by atoms with van der Waals surface area (Å²) in [7, 11) is 0. The quantitative estimate of drug-likeness (QED) is 0.627. The van der Waals surface area contributed by atoms with E-state index in [9.17, 15) is 9.59 Å². The average molecular weight is 334 g/mol. The van der Waals surface area contributed by atoms with E-state index in [-0.39, 0.29) is 12.0 Å². The van der Waals surface area contributed by atoms with E-state index in [0.29, 0.717) is 25.3 Å². The van der Waals surface area contributed by atoms with Crippen molar-refractivity contribution in [3.63, 3.8) is 0 Å². The van der Waals surface area contributed by atoms with E-state index in [1.54, 1.807) is 12.1 Å². The van der Waals surface area contributed by atoms with Crippen LogP contribution in [0, 0.1) is 5.41 Å². The van der Waals surface area contributed by atoms with Crippen molar-refractivity contribution < 1.29 is 14.3 Å². The molecule has 1 saturated carbocycles. The van der Waals surface area contributed by atoms with Crippen LogP contribution in [0.5, 0.6) is 0 Å². The molecule has 2 atom stereocenters. The van der Waals surface area contributed by atoms with Gasteiger partial charge < -0.3 is 26.8 Å². The van der Waals surface area contributed by atoms with Gasteiger partial charge in [0.25, 0.3) is 0 Å². The number of benzene rings is 1. The van der Waals surface area contributed by atoms with Crippen LogP contribution in [0.1, 0.15) is 32.8 Å². The summed E-state index contributed by atoms with van der Waals surface area (Å²) < 4.78 is 5.65. The van der Waals surface area contributed by atoms with Gasteiger partial charge in [-0.3, -0.25) is 4.79 Å². The summed E-state index contributed by atoms with van der Waals surface area (Å²) in [6, 6.07) is 6.58. The molecule has 0 bridgehead atoms. The summed E-state index contributed by atoms with van der Waals surface area (Å²) in [4.78, 5) is 23.3. The van der Waals surface area contributed by atoms with Gasteiger partial charge in [0, 0.05) is 30.7 Å². The van der Waals surface area contributed by atoms with Crippen LogP contribution in [0.2, 0.25) is 0 Å². The molecular weight excluding hydrogens is 308 g/mol. The summed E-state index contributed by atoms with van der Waals surface area (Å²) in [5, 5.41) is 5.37. The van der Waals surface area contributed by atoms with E-state index >= 15 is 0 Å². The van der Waals surface area contributed by atoms with Crippen molar-refractivity contribution in [3.8, 4) is 0 Å². The number of hydrogen-bond donors (Lipinski definition) is 4. The molecular formula is C17H26N4O3. The second-order valence-electron chi connectivity index (χ2n) is 6.71. The first-order valence-electron chi connectivity index (χ1n) is 8.05. The van der Waals surface area contributed by atoms with E-state index < -0.39 is 17.0 Å². The van der Waals surface area contributed by atoms with Gasteiger partial charge in [0.05, 0.1) is 6.10 Å². The lowest BCUT2D eigenvalue weighted by atomic mass is 9.54. The second kappa shape index (κ2) is 6.78. The number of ether oxygens (including phenoxy) is 1. The number of hydrogen-bond acceptors (Lipinski definition) is 4. The molecule has 1 aliphatic carbocycles. The molecule has 1 aromatic rings. The van der Waals surface area contributed by atoms with Gasteiger partial charge in [-0.25, -0.2) is 4.79 Å². The molecule has 2 rings (SSSR count). The van der Waals surface area contributed by atoms with Gasteiger partial charge in [-0.05, 0) is 24.6 Å². The molecule has 0 aliphatic heterocycles. The van der Waals surface area contributed by atoms with Gasteiger partial charge in [-0.1, -0.05) is 26.0 Å². The van der Waals surface area contributed by atoms with Crippen molar-refractivity contribution >= 4 is 17.6 Å². The molecule has 132 valence electrons. The Hall–Kier alpha value is -2.12. The maximum atomic E-state index is 12.6. The molecule has 2 unspecified atom stereocenters. The Morgan fingerprint density at radius 2 is 1.92 bits per heavy atom. The van der Waals surface area contributed by atoms with Gasteiger partial charge >= 0.3 is 6.03 Å². The standard InChI is InChI=1S/C17H26N4O3/c1-4-24-13-9-17(19,16(13,2)3)14(22)21-12-7-5-11(6-8-12)10-20-15(18)23/h5-8,13H,4,9-10,19H2,1-3H3,(H,21,22)(H3,18,20,23). The van der Waals surface area contributed by atoms with E-state index in [4.69, 9.17) is 16.2 Å². The summed E-state index contributed by atoms with van der Waals surface area (Å²) in [6.07, 6.45) is 0.487. The Kier molecular flexibility index (Phi) is 5.15. The van der Waals surface area contributed by atoms with Crippen LogP contribution in [-0.2, 0) is 16.1 Å². The zero-order chi connectivity index (χ0) is 18.0. The zero-order valence-corrected chi connectivity index (χ0v) is 14.4. The largest absolute Gasteiger partial charge is 0.378 e. The fourth-order valence-electron chi connectivity index (χ4n) is 2.96. The topological polar surface area (TPSA) is 119 Å². The van der Waals surface area contributed by atoms with Gasteiger partial charge in [0.2, 0.25) is 5.91 Å². The molecule has 0 aromatic heterocycles. The first kappa shape index (κ1) is 18.2. The molecule has 1 aliphatic rings. The minimum Gasteiger partial charge on any atom is -0.378 e. The van der Waals surface area contributed by atoms with Crippen molar-refractivity contribution in [2.75, 3.05) is 11.9 Å².